The topological polar surface area (TPSA) is 99.6 Å². The molecule has 178 valence electrons. The molecule has 2 heterocycles. The van der Waals surface area contributed by atoms with Gasteiger partial charge >= 0.3 is 5.97 Å². The van der Waals surface area contributed by atoms with Gasteiger partial charge in [-0.15, -0.1) is 0 Å². The van der Waals surface area contributed by atoms with Crippen molar-refractivity contribution in [2.45, 2.75) is 38.0 Å². The maximum Gasteiger partial charge on any atom is 0.337 e. The minimum Gasteiger partial charge on any atom is -0.478 e. The number of carboxylic acids is 1. The van der Waals surface area contributed by atoms with Gasteiger partial charge in [-0.25, -0.2) is 18.2 Å². The first kappa shape index (κ1) is 23.8. The number of hydrogen-bond acceptors (Lipinski definition) is 5. The number of carbonyl (C=O) groups is 1. The lowest BCUT2D eigenvalue weighted by atomic mass is 9.90. The van der Waals surface area contributed by atoms with E-state index in [9.17, 15) is 18.3 Å². The van der Waals surface area contributed by atoms with Gasteiger partial charge in [0.25, 0.3) is 10.0 Å². The number of piperidine rings is 1. The van der Waals surface area contributed by atoms with Crippen LogP contribution in [-0.2, 0) is 16.4 Å². The second-order valence-electron chi connectivity index (χ2n) is 8.87. The zero-order chi connectivity index (χ0) is 24.3. The number of anilines is 2. The zero-order valence-corrected chi connectivity index (χ0v) is 20.2. The number of hydrogen-bond donors (Lipinski definition) is 2. The number of nitrogens with zero attached hydrogens (tertiary/aromatic N) is 2. The van der Waals surface area contributed by atoms with Crippen LogP contribution < -0.4 is 9.62 Å². The summed E-state index contributed by atoms with van der Waals surface area (Å²) in [7, 11) is -3.92. The first-order chi connectivity index (χ1) is 16.2. The van der Waals surface area contributed by atoms with Crippen LogP contribution in [0.1, 0.15) is 39.9 Å². The molecule has 7 nitrogen and oxygen atoms in total. The van der Waals surface area contributed by atoms with Crippen LogP contribution in [0.2, 0.25) is 0 Å². The summed E-state index contributed by atoms with van der Waals surface area (Å²) in [6, 6.07) is 16.6. The Bertz CT molecular complexity index is 1280. The highest BCUT2D eigenvalue weighted by Crippen LogP contribution is 2.31. The van der Waals surface area contributed by atoms with E-state index < -0.39 is 16.0 Å². The quantitative estimate of drug-likeness (QED) is 0.511. The molecule has 0 radical (unpaired) electrons. The lowest BCUT2D eigenvalue weighted by Gasteiger charge is -2.34. The highest BCUT2D eigenvalue weighted by Gasteiger charge is 2.25. The van der Waals surface area contributed by atoms with Crippen LogP contribution >= 0.6 is 0 Å². The van der Waals surface area contributed by atoms with Gasteiger partial charge in [-0.2, -0.15) is 0 Å². The van der Waals surface area contributed by atoms with Crippen LogP contribution in [0.5, 0.6) is 0 Å². The molecule has 4 rings (SSSR count). The Morgan fingerprint density at radius 2 is 1.76 bits per heavy atom. The normalized spacial score (nSPS) is 14.7. The average Bonchev–Trinajstić information content (AvgIpc) is 2.82. The van der Waals surface area contributed by atoms with Crippen molar-refractivity contribution in [3.05, 3.63) is 83.0 Å². The summed E-state index contributed by atoms with van der Waals surface area (Å²) in [6.07, 6.45) is 4.18. The maximum atomic E-state index is 13.1. The third-order valence-electron chi connectivity index (χ3n) is 6.43. The molecular formula is C26H29N3O4S. The Labute approximate surface area is 200 Å². The minimum atomic E-state index is -3.92. The minimum absolute atomic E-state index is 0.0690. The lowest BCUT2D eigenvalue weighted by Crippen LogP contribution is -2.35. The van der Waals surface area contributed by atoms with Gasteiger partial charge in [0.05, 0.1) is 16.1 Å². The number of aromatic carboxylic acids is 1. The third-order valence-corrected chi connectivity index (χ3v) is 7.79. The molecule has 0 unspecified atom stereocenters. The molecule has 2 aromatic carbocycles. The number of aryl methyl sites for hydroxylation is 2. The van der Waals surface area contributed by atoms with Gasteiger partial charge in [0.2, 0.25) is 0 Å². The van der Waals surface area contributed by atoms with Gasteiger partial charge < -0.3 is 10.0 Å². The summed E-state index contributed by atoms with van der Waals surface area (Å²) >= 11 is 0. The van der Waals surface area contributed by atoms with Crippen LogP contribution in [0.4, 0.5) is 11.5 Å². The van der Waals surface area contributed by atoms with Crippen LogP contribution in [0.25, 0.3) is 0 Å². The Hall–Kier alpha value is -3.39. The molecule has 1 aliphatic heterocycles. The molecule has 1 aliphatic rings. The maximum absolute atomic E-state index is 13.1. The standard InChI is InChI=1S/C26H29N3O4S/c1-18-8-9-23(14-19(18)2)34(32,33)28-24-16-22(26(30)31)17-27-25(24)29-12-10-21(11-13-29)15-20-6-4-3-5-7-20/h3-9,14,16-17,21,28H,10-13,15H2,1-2H3,(H,30,31). The molecule has 8 heteroatoms. The molecule has 2 N–H and O–H groups in total. The Kier molecular flexibility index (Phi) is 6.88. The first-order valence-electron chi connectivity index (χ1n) is 11.4. The summed E-state index contributed by atoms with van der Waals surface area (Å²) in [4.78, 5) is 18.1. The molecule has 0 spiro atoms. The monoisotopic (exact) mass is 479 g/mol. The number of nitrogens with one attached hydrogen (secondary N) is 1. The summed E-state index contributed by atoms with van der Waals surface area (Å²) in [5.41, 5.74) is 3.28. The molecule has 1 aromatic heterocycles. The van der Waals surface area contributed by atoms with E-state index >= 15 is 0 Å². The van der Waals surface area contributed by atoms with Crippen molar-refractivity contribution in [1.29, 1.82) is 0 Å². The molecule has 1 saturated heterocycles. The van der Waals surface area contributed by atoms with Gasteiger partial charge in [-0.3, -0.25) is 4.72 Å². The largest absolute Gasteiger partial charge is 0.478 e. The Balaban J connectivity index is 1.56. The molecule has 3 aromatic rings. The van der Waals surface area contributed by atoms with Gasteiger partial charge in [0, 0.05) is 19.3 Å². The number of benzene rings is 2. The van der Waals surface area contributed by atoms with E-state index in [2.05, 4.69) is 21.8 Å². The lowest BCUT2D eigenvalue weighted by molar-refractivity contribution is 0.0696. The predicted molar refractivity (Wildman–Crippen MR) is 133 cm³/mol. The number of carboxylic acid groups (broad SMARTS) is 1. The fourth-order valence-electron chi connectivity index (χ4n) is 4.28. The van der Waals surface area contributed by atoms with Crippen LogP contribution in [0.15, 0.2) is 65.7 Å². The van der Waals surface area contributed by atoms with E-state index in [1.54, 1.807) is 18.2 Å². The van der Waals surface area contributed by atoms with Crippen molar-refractivity contribution in [1.82, 2.24) is 4.98 Å². The van der Waals surface area contributed by atoms with Crippen molar-refractivity contribution in [2.75, 3.05) is 22.7 Å². The number of sulfonamides is 1. The summed E-state index contributed by atoms with van der Waals surface area (Å²) in [5.74, 6) is -0.171. The second kappa shape index (κ2) is 9.85. The molecule has 1 fully saturated rings. The first-order valence-corrected chi connectivity index (χ1v) is 12.8. The van der Waals surface area contributed by atoms with Crippen molar-refractivity contribution in [3.63, 3.8) is 0 Å². The molecule has 0 aliphatic carbocycles. The molecule has 0 atom stereocenters. The van der Waals surface area contributed by atoms with Crippen molar-refractivity contribution in [2.24, 2.45) is 5.92 Å². The predicted octanol–water partition coefficient (Wildman–Crippen LogP) is 4.66. The van der Waals surface area contributed by atoms with E-state index in [-0.39, 0.29) is 16.1 Å². The van der Waals surface area contributed by atoms with Gasteiger partial charge in [-0.05, 0) is 73.9 Å². The van der Waals surface area contributed by atoms with E-state index in [0.29, 0.717) is 11.7 Å². The Morgan fingerprint density at radius 1 is 1.06 bits per heavy atom. The number of rotatable bonds is 7. The van der Waals surface area contributed by atoms with E-state index in [4.69, 9.17) is 0 Å². The fourth-order valence-corrected chi connectivity index (χ4v) is 5.42. The third kappa shape index (κ3) is 5.39. The second-order valence-corrected chi connectivity index (χ2v) is 10.6. The van der Waals surface area contributed by atoms with E-state index in [0.717, 1.165) is 43.5 Å². The van der Waals surface area contributed by atoms with Crippen LogP contribution in [0, 0.1) is 19.8 Å². The molecule has 0 saturated carbocycles. The van der Waals surface area contributed by atoms with Crippen molar-refractivity contribution in [3.8, 4) is 0 Å². The van der Waals surface area contributed by atoms with Gasteiger partial charge in [0.1, 0.15) is 0 Å². The van der Waals surface area contributed by atoms with Gasteiger partial charge in [0.15, 0.2) is 5.82 Å². The van der Waals surface area contributed by atoms with Crippen LogP contribution in [0.3, 0.4) is 0 Å². The molecule has 0 amide bonds. The fraction of sp³-hybridized carbons (Fsp3) is 0.308. The van der Waals surface area contributed by atoms with Crippen molar-refractivity contribution < 1.29 is 18.3 Å². The summed E-state index contributed by atoms with van der Waals surface area (Å²) in [5, 5.41) is 9.44. The smallest absolute Gasteiger partial charge is 0.337 e. The number of aromatic nitrogens is 1. The summed E-state index contributed by atoms with van der Waals surface area (Å²) in [6.45, 7) is 5.20. The van der Waals surface area contributed by atoms with E-state index in [1.807, 2.05) is 36.9 Å². The number of pyridine rings is 1. The highest BCUT2D eigenvalue weighted by molar-refractivity contribution is 7.92. The van der Waals surface area contributed by atoms with Crippen LogP contribution in [-0.4, -0.2) is 37.6 Å². The summed E-state index contributed by atoms with van der Waals surface area (Å²) < 4.78 is 28.9. The average molecular weight is 480 g/mol. The Morgan fingerprint density at radius 3 is 2.41 bits per heavy atom. The zero-order valence-electron chi connectivity index (χ0n) is 19.4. The molecular weight excluding hydrogens is 450 g/mol. The molecule has 0 bridgehead atoms. The van der Waals surface area contributed by atoms with Gasteiger partial charge in [-0.1, -0.05) is 36.4 Å². The van der Waals surface area contributed by atoms with E-state index in [1.165, 1.54) is 17.8 Å². The highest BCUT2D eigenvalue weighted by atomic mass is 32.2. The van der Waals surface area contributed by atoms with Crippen molar-refractivity contribution >= 4 is 27.5 Å². The SMILES string of the molecule is Cc1ccc(S(=O)(=O)Nc2cc(C(=O)O)cnc2N2CCC(Cc3ccccc3)CC2)cc1C. The molecule has 34 heavy (non-hydrogen) atoms.